The van der Waals surface area contributed by atoms with Gasteiger partial charge in [-0.1, -0.05) is 42.0 Å². The minimum absolute atomic E-state index is 0.0313. The van der Waals surface area contributed by atoms with Crippen LogP contribution in [-0.4, -0.2) is 13.4 Å². The number of thiocarbonyl (C=S) groups is 1. The fourth-order valence-electron chi connectivity index (χ4n) is 1.85. The van der Waals surface area contributed by atoms with Crippen molar-refractivity contribution in [1.29, 1.82) is 0 Å². The number of halogens is 1. The number of benzene rings is 2. The van der Waals surface area contributed by atoms with E-state index in [2.05, 4.69) is 4.72 Å². The Morgan fingerprint density at radius 2 is 1.90 bits per heavy atom. The summed E-state index contributed by atoms with van der Waals surface area (Å²) in [5.74, 6) is 0. The molecule has 0 heterocycles. The van der Waals surface area contributed by atoms with E-state index < -0.39 is 10.0 Å². The van der Waals surface area contributed by atoms with Crippen molar-refractivity contribution in [2.45, 2.75) is 11.8 Å². The zero-order valence-electron chi connectivity index (χ0n) is 11.1. The second-order valence-electron chi connectivity index (χ2n) is 4.43. The minimum Gasteiger partial charge on any atom is -0.389 e. The molecule has 0 amide bonds. The van der Waals surface area contributed by atoms with Crippen LogP contribution in [0.2, 0.25) is 5.02 Å². The van der Waals surface area contributed by atoms with Gasteiger partial charge in [0.05, 0.1) is 10.6 Å². The molecule has 0 aliphatic rings. The molecule has 0 bridgehead atoms. The topological polar surface area (TPSA) is 72.2 Å². The highest BCUT2D eigenvalue weighted by molar-refractivity contribution is 7.93. The van der Waals surface area contributed by atoms with Gasteiger partial charge in [-0.05, 0) is 36.8 Å². The number of nitrogens with two attached hydrogens (primary N) is 1. The third-order valence-electron chi connectivity index (χ3n) is 2.87. The molecule has 0 aromatic heterocycles. The maximum Gasteiger partial charge on any atom is 0.262 e. The summed E-state index contributed by atoms with van der Waals surface area (Å²) in [6, 6.07) is 11.2. The number of rotatable bonds is 4. The molecule has 0 radical (unpaired) electrons. The highest BCUT2D eigenvalue weighted by Crippen LogP contribution is 2.24. The summed E-state index contributed by atoms with van der Waals surface area (Å²) in [5.41, 5.74) is 7.06. The van der Waals surface area contributed by atoms with Gasteiger partial charge in [-0.2, -0.15) is 0 Å². The lowest BCUT2D eigenvalue weighted by Gasteiger charge is -2.13. The van der Waals surface area contributed by atoms with Crippen LogP contribution in [0, 0.1) is 6.92 Å². The molecule has 4 nitrogen and oxygen atoms in total. The predicted octanol–water partition coefficient (Wildman–Crippen LogP) is 3.08. The van der Waals surface area contributed by atoms with E-state index in [-0.39, 0.29) is 9.88 Å². The lowest BCUT2D eigenvalue weighted by Crippen LogP contribution is -2.20. The molecule has 3 N–H and O–H groups in total. The molecular weight excluding hydrogens is 328 g/mol. The third kappa shape index (κ3) is 3.53. The fourth-order valence-corrected chi connectivity index (χ4v) is 3.67. The van der Waals surface area contributed by atoms with E-state index in [0.717, 1.165) is 5.56 Å². The maximum atomic E-state index is 12.5. The maximum absolute atomic E-state index is 12.5. The third-order valence-corrected chi connectivity index (χ3v) is 4.75. The first kappa shape index (κ1) is 15.8. The summed E-state index contributed by atoms with van der Waals surface area (Å²) < 4.78 is 27.5. The first-order chi connectivity index (χ1) is 9.81. The molecule has 110 valence electrons. The van der Waals surface area contributed by atoms with Crippen LogP contribution in [0.3, 0.4) is 0 Å². The molecule has 0 aliphatic heterocycles. The van der Waals surface area contributed by atoms with Gasteiger partial charge in [-0.3, -0.25) is 4.72 Å². The van der Waals surface area contributed by atoms with Crippen molar-refractivity contribution < 1.29 is 8.42 Å². The smallest absolute Gasteiger partial charge is 0.262 e. The summed E-state index contributed by atoms with van der Waals surface area (Å²) in [6.07, 6.45) is 0. The Hall–Kier alpha value is -1.63. The van der Waals surface area contributed by atoms with Crippen LogP contribution >= 0.6 is 23.8 Å². The Balaban J connectivity index is 2.46. The molecule has 21 heavy (non-hydrogen) atoms. The lowest BCUT2D eigenvalue weighted by atomic mass is 10.2. The van der Waals surface area contributed by atoms with Gasteiger partial charge in [-0.15, -0.1) is 0 Å². The Labute approximate surface area is 134 Å². The van der Waals surface area contributed by atoms with Gasteiger partial charge in [0.2, 0.25) is 0 Å². The summed E-state index contributed by atoms with van der Waals surface area (Å²) in [5, 5.41) is 0.541. The number of sulfonamides is 1. The van der Waals surface area contributed by atoms with Gasteiger partial charge < -0.3 is 5.73 Å². The highest BCUT2D eigenvalue weighted by Gasteiger charge is 2.20. The van der Waals surface area contributed by atoms with Crippen LogP contribution in [0.4, 0.5) is 5.69 Å². The summed E-state index contributed by atoms with van der Waals surface area (Å²) in [7, 11) is -3.78. The molecule has 7 heteroatoms. The Morgan fingerprint density at radius 3 is 2.52 bits per heavy atom. The molecular formula is C14H13ClN2O2S2. The van der Waals surface area contributed by atoms with Crippen molar-refractivity contribution in [2.24, 2.45) is 5.73 Å². The van der Waals surface area contributed by atoms with E-state index in [1.807, 2.05) is 0 Å². The average molecular weight is 341 g/mol. The Bertz CT molecular complexity index is 804. The first-order valence-corrected chi connectivity index (χ1v) is 8.26. The van der Waals surface area contributed by atoms with Gasteiger partial charge in [0, 0.05) is 10.6 Å². The molecule has 0 saturated heterocycles. The Morgan fingerprint density at radius 1 is 1.24 bits per heavy atom. The van der Waals surface area contributed by atoms with Gasteiger partial charge in [-0.25, -0.2) is 8.42 Å². The Kier molecular flexibility index (Phi) is 4.51. The van der Waals surface area contributed by atoms with Crippen molar-refractivity contribution in [3.8, 4) is 0 Å². The zero-order chi connectivity index (χ0) is 15.6. The lowest BCUT2D eigenvalue weighted by molar-refractivity contribution is 0.601. The molecule has 2 aromatic rings. The van der Waals surface area contributed by atoms with E-state index in [1.165, 1.54) is 6.07 Å². The molecule has 0 unspecified atom stereocenters. The summed E-state index contributed by atoms with van der Waals surface area (Å²) >= 11 is 10.8. The van der Waals surface area contributed by atoms with Crippen LogP contribution < -0.4 is 10.5 Å². The molecule has 0 saturated carbocycles. The van der Waals surface area contributed by atoms with Gasteiger partial charge >= 0.3 is 0 Å². The summed E-state index contributed by atoms with van der Waals surface area (Å²) in [6.45, 7) is 1.77. The molecule has 0 atom stereocenters. The second kappa shape index (κ2) is 6.01. The molecule has 2 aromatic carbocycles. The SMILES string of the molecule is Cc1cc(Cl)ccc1NS(=O)(=O)c1ccccc1C(N)=S. The van der Waals surface area contributed by atoms with Gasteiger partial charge in [0.1, 0.15) is 4.99 Å². The number of aryl methyl sites for hydroxylation is 1. The number of anilines is 1. The predicted molar refractivity (Wildman–Crippen MR) is 89.3 cm³/mol. The van der Waals surface area contributed by atoms with Crippen molar-refractivity contribution in [3.05, 3.63) is 58.6 Å². The molecule has 0 spiro atoms. The van der Waals surface area contributed by atoms with E-state index in [4.69, 9.17) is 29.6 Å². The van der Waals surface area contributed by atoms with Crippen molar-refractivity contribution in [1.82, 2.24) is 0 Å². The molecule has 2 rings (SSSR count). The number of hydrogen-bond acceptors (Lipinski definition) is 3. The second-order valence-corrected chi connectivity index (χ2v) is 6.95. The van der Waals surface area contributed by atoms with E-state index in [0.29, 0.717) is 16.3 Å². The van der Waals surface area contributed by atoms with Crippen LogP contribution in [-0.2, 0) is 10.0 Å². The van der Waals surface area contributed by atoms with Crippen molar-refractivity contribution >= 4 is 44.5 Å². The average Bonchev–Trinajstić information content (AvgIpc) is 2.42. The van der Waals surface area contributed by atoms with Crippen molar-refractivity contribution in [3.63, 3.8) is 0 Å². The van der Waals surface area contributed by atoms with E-state index >= 15 is 0 Å². The number of nitrogens with one attached hydrogen (secondary N) is 1. The largest absolute Gasteiger partial charge is 0.389 e. The summed E-state index contributed by atoms with van der Waals surface area (Å²) in [4.78, 5) is 0.0793. The standard InChI is InChI=1S/C14H13ClN2O2S2/c1-9-8-10(15)6-7-12(9)17-21(18,19)13-5-3-2-4-11(13)14(16)20/h2-8,17H,1H3,(H2,16,20). The quantitative estimate of drug-likeness (QED) is 0.839. The molecule has 0 aliphatic carbocycles. The van der Waals surface area contributed by atoms with Gasteiger partial charge in [0.25, 0.3) is 10.0 Å². The van der Waals surface area contributed by atoms with Crippen LogP contribution in [0.15, 0.2) is 47.4 Å². The normalized spacial score (nSPS) is 11.1. The monoisotopic (exact) mass is 340 g/mol. The fraction of sp³-hybridized carbons (Fsp3) is 0.0714. The minimum atomic E-state index is -3.78. The van der Waals surface area contributed by atoms with Crippen molar-refractivity contribution in [2.75, 3.05) is 4.72 Å². The molecule has 0 fully saturated rings. The van der Waals surface area contributed by atoms with Crippen LogP contribution in [0.25, 0.3) is 0 Å². The first-order valence-electron chi connectivity index (χ1n) is 5.99. The zero-order valence-corrected chi connectivity index (χ0v) is 13.5. The highest BCUT2D eigenvalue weighted by atomic mass is 35.5. The van der Waals surface area contributed by atoms with E-state index in [9.17, 15) is 8.42 Å². The number of hydrogen-bond donors (Lipinski definition) is 2. The van der Waals surface area contributed by atoms with Crippen LogP contribution in [0.1, 0.15) is 11.1 Å². The van der Waals surface area contributed by atoms with Crippen LogP contribution in [0.5, 0.6) is 0 Å². The van der Waals surface area contributed by atoms with E-state index in [1.54, 1.807) is 43.3 Å². The van der Waals surface area contributed by atoms with Gasteiger partial charge in [0.15, 0.2) is 0 Å².